The van der Waals surface area contributed by atoms with Crippen molar-refractivity contribution in [3.05, 3.63) is 28.8 Å². The summed E-state index contributed by atoms with van der Waals surface area (Å²) >= 11 is 6.04. The van der Waals surface area contributed by atoms with Gasteiger partial charge in [-0.1, -0.05) is 17.7 Å². The summed E-state index contributed by atoms with van der Waals surface area (Å²) in [5.41, 5.74) is 13.5. The Balaban J connectivity index is 2.36. The van der Waals surface area contributed by atoms with Crippen LogP contribution in [0.5, 0.6) is 0 Å². The van der Waals surface area contributed by atoms with E-state index in [0.29, 0.717) is 16.6 Å². The fourth-order valence-corrected chi connectivity index (χ4v) is 1.90. The van der Waals surface area contributed by atoms with Crippen molar-refractivity contribution in [1.82, 2.24) is 0 Å². The summed E-state index contributed by atoms with van der Waals surface area (Å²) in [5.74, 6) is 0.585. The molecule has 1 atom stereocenters. The van der Waals surface area contributed by atoms with Gasteiger partial charge in [-0.25, -0.2) is 0 Å². The van der Waals surface area contributed by atoms with Crippen molar-refractivity contribution in [3.8, 4) is 0 Å². The molecule has 0 bridgehead atoms. The number of nitrogen functional groups attached to an aromatic ring is 1. The zero-order chi connectivity index (χ0) is 9.42. The maximum Gasteiger partial charge on any atom is 0.0474 e. The smallest absolute Gasteiger partial charge is 0.0474 e. The minimum atomic E-state index is 0.0219. The average molecular weight is 197 g/mol. The Morgan fingerprint density at radius 3 is 2.62 bits per heavy atom. The van der Waals surface area contributed by atoms with E-state index in [2.05, 4.69) is 0 Å². The van der Waals surface area contributed by atoms with Crippen LogP contribution in [0.3, 0.4) is 0 Å². The second-order valence-corrected chi connectivity index (χ2v) is 4.01. The second kappa shape index (κ2) is 3.20. The van der Waals surface area contributed by atoms with E-state index in [1.165, 1.54) is 12.8 Å². The zero-order valence-corrected chi connectivity index (χ0v) is 8.09. The van der Waals surface area contributed by atoms with Crippen LogP contribution in [0.15, 0.2) is 18.2 Å². The average Bonchev–Trinajstić information content (AvgIpc) is 2.85. The number of nitrogens with two attached hydrogens (primary N) is 2. The lowest BCUT2D eigenvalue weighted by Crippen LogP contribution is -2.14. The van der Waals surface area contributed by atoms with Crippen molar-refractivity contribution in [2.45, 2.75) is 18.9 Å². The predicted octanol–water partition coefficient (Wildman–Crippen LogP) is 2.33. The van der Waals surface area contributed by atoms with Crippen molar-refractivity contribution < 1.29 is 0 Å². The summed E-state index contributed by atoms with van der Waals surface area (Å²) < 4.78 is 0. The van der Waals surface area contributed by atoms with Crippen LogP contribution in [0, 0.1) is 5.92 Å². The van der Waals surface area contributed by atoms with Gasteiger partial charge in [-0.15, -0.1) is 0 Å². The first-order valence-corrected chi connectivity index (χ1v) is 4.87. The molecule has 1 aliphatic rings. The van der Waals surface area contributed by atoms with E-state index >= 15 is 0 Å². The van der Waals surface area contributed by atoms with Crippen LogP contribution < -0.4 is 11.5 Å². The van der Waals surface area contributed by atoms with Gasteiger partial charge in [0.2, 0.25) is 0 Å². The monoisotopic (exact) mass is 196 g/mol. The van der Waals surface area contributed by atoms with E-state index in [1.807, 2.05) is 18.2 Å². The number of hydrogen-bond acceptors (Lipinski definition) is 2. The number of halogens is 1. The first-order chi connectivity index (χ1) is 6.20. The SMILES string of the molecule is Nc1cccc(Cl)c1[C@H](N)C1CC1. The highest BCUT2D eigenvalue weighted by atomic mass is 35.5. The van der Waals surface area contributed by atoms with Gasteiger partial charge < -0.3 is 11.5 Å². The summed E-state index contributed by atoms with van der Waals surface area (Å²) in [4.78, 5) is 0. The van der Waals surface area contributed by atoms with E-state index in [1.54, 1.807) is 0 Å². The minimum Gasteiger partial charge on any atom is -0.398 e. The van der Waals surface area contributed by atoms with Crippen LogP contribution in [0.4, 0.5) is 5.69 Å². The molecule has 13 heavy (non-hydrogen) atoms. The number of benzene rings is 1. The van der Waals surface area contributed by atoms with Crippen molar-refractivity contribution in [2.24, 2.45) is 11.7 Å². The Labute approximate surface area is 82.9 Å². The quantitative estimate of drug-likeness (QED) is 0.714. The molecule has 0 radical (unpaired) electrons. The maximum atomic E-state index is 6.04. The molecule has 2 nitrogen and oxygen atoms in total. The summed E-state index contributed by atoms with van der Waals surface area (Å²) in [6.07, 6.45) is 2.40. The summed E-state index contributed by atoms with van der Waals surface area (Å²) in [7, 11) is 0. The number of rotatable bonds is 2. The Morgan fingerprint density at radius 2 is 2.08 bits per heavy atom. The first kappa shape index (κ1) is 8.85. The number of anilines is 1. The predicted molar refractivity (Wildman–Crippen MR) is 55.5 cm³/mol. The molecule has 0 aliphatic heterocycles. The summed E-state index contributed by atoms with van der Waals surface area (Å²) in [5, 5.41) is 0.694. The van der Waals surface area contributed by atoms with Crippen LogP contribution in [0.1, 0.15) is 24.4 Å². The lowest BCUT2D eigenvalue weighted by atomic mass is 10.0. The lowest BCUT2D eigenvalue weighted by Gasteiger charge is -2.14. The first-order valence-electron chi connectivity index (χ1n) is 4.49. The van der Waals surface area contributed by atoms with E-state index in [9.17, 15) is 0 Å². The Hall–Kier alpha value is -0.730. The highest BCUT2D eigenvalue weighted by molar-refractivity contribution is 6.31. The zero-order valence-electron chi connectivity index (χ0n) is 7.33. The third kappa shape index (κ3) is 1.64. The lowest BCUT2D eigenvalue weighted by molar-refractivity contribution is 0.635. The molecule has 1 aromatic rings. The van der Waals surface area contributed by atoms with Crippen LogP contribution in [-0.4, -0.2) is 0 Å². The molecule has 2 rings (SSSR count). The molecule has 0 saturated heterocycles. The fourth-order valence-electron chi connectivity index (χ4n) is 1.60. The van der Waals surface area contributed by atoms with E-state index < -0.39 is 0 Å². The topological polar surface area (TPSA) is 52.0 Å². The Morgan fingerprint density at radius 1 is 1.38 bits per heavy atom. The molecule has 3 heteroatoms. The van der Waals surface area contributed by atoms with Gasteiger partial charge in [0.05, 0.1) is 0 Å². The Bertz CT molecular complexity index is 300. The van der Waals surface area contributed by atoms with E-state index in [4.69, 9.17) is 23.1 Å². The van der Waals surface area contributed by atoms with Gasteiger partial charge >= 0.3 is 0 Å². The molecular formula is C10H13ClN2. The summed E-state index contributed by atoms with van der Waals surface area (Å²) in [6.45, 7) is 0. The molecular weight excluding hydrogens is 184 g/mol. The largest absolute Gasteiger partial charge is 0.398 e. The third-order valence-corrected chi connectivity index (χ3v) is 2.88. The van der Waals surface area contributed by atoms with Gasteiger partial charge in [-0.2, -0.15) is 0 Å². The normalized spacial score (nSPS) is 18.6. The van der Waals surface area contributed by atoms with Crippen molar-refractivity contribution in [1.29, 1.82) is 0 Å². The molecule has 0 aromatic heterocycles. The summed E-state index contributed by atoms with van der Waals surface area (Å²) in [6, 6.07) is 5.56. The molecule has 0 heterocycles. The van der Waals surface area contributed by atoms with Gasteiger partial charge in [-0.3, -0.25) is 0 Å². The van der Waals surface area contributed by atoms with Gasteiger partial charge in [0, 0.05) is 22.3 Å². The third-order valence-electron chi connectivity index (χ3n) is 2.55. The standard InChI is InChI=1S/C10H13ClN2/c11-7-2-1-3-8(12)9(7)10(13)6-4-5-6/h1-3,6,10H,4-5,12-13H2/t10-/m1/s1. The van der Waals surface area contributed by atoms with Crippen LogP contribution in [0.2, 0.25) is 5.02 Å². The molecule has 1 saturated carbocycles. The van der Waals surface area contributed by atoms with Gasteiger partial charge in [-0.05, 0) is 30.9 Å². The van der Waals surface area contributed by atoms with Gasteiger partial charge in [0.25, 0.3) is 0 Å². The van der Waals surface area contributed by atoms with Crippen LogP contribution in [0.25, 0.3) is 0 Å². The molecule has 70 valence electrons. The molecule has 1 aliphatic carbocycles. The van der Waals surface area contributed by atoms with E-state index in [-0.39, 0.29) is 6.04 Å². The molecule has 0 spiro atoms. The Kier molecular flexibility index (Phi) is 2.18. The van der Waals surface area contributed by atoms with Gasteiger partial charge in [0.1, 0.15) is 0 Å². The van der Waals surface area contributed by atoms with Crippen LogP contribution in [-0.2, 0) is 0 Å². The molecule has 4 N–H and O–H groups in total. The molecule has 1 aromatic carbocycles. The minimum absolute atomic E-state index is 0.0219. The number of hydrogen-bond donors (Lipinski definition) is 2. The fraction of sp³-hybridized carbons (Fsp3) is 0.400. The van der Waals surface area contributed by atoms with Crippen molar-refractivity contribution in [2.75, 3.05) is 5.73 Å². The second-order valence-electron chi connectivity index (χ2n) is 3.61. The van der Waals surface area contributed by atoms with E-state index in [0.717, 1.165) is 5.56 Å². The van der Waals surface area contributed by atoms with Crippen molar-refractivity contribution >= 4 is 17.3 Å². The van der Waals surface area contributed by atoms with Gasteiger partial charge in [0.15, 0.2) is 0 Å². The maximum absolute atomic E-state index is 6.04. The molecule has 0 amide bonds. The molecule has 0 unspecified atom stereocenters. The highest BCUT2D eigenvalue weighted by Gasteiger charge is 2.31. The van der Waals surface area contributed by atoms with Crippen molar-refractivity contribution in [3.63, 3.8) is 0 Å². The highest BCUT2D eigenvalue weighted by Crippen LogP contribution is 2.43. The molecule has 1 fully saturated rings. The van der Waals surface area contributed by atoms with Crippen LogP contribution >= 0.6 is 11.6 Å².